The topological polar surface area (TPSA) is 24.1 Å². The third-order valence-electron chi connectivity index (χ3n) is 3.46. The van der Waals surface area contributed by atoms with Crippen molar-refractivity contribution >= 4 is 25.3 Å². The highest BCUT2D eigenvalue weighted by Gasteiger charge is 2.23. The van der Waals surface area contributed by atoms with Gasteiger partial charge in [0, 0.05) is 24.6 Å². The van der Waals surface area contributed by atoms with Gasteiger partial charge in [-0.05, 0) is 37.8 Å². The number of rotatable bonds is 8. The van der Waals surface area contributed by atoms with Crippen LogP contribution in [0.25, 0.3) is 0 Å². The van der Waals surface area contributed by atoms with E-state index < -0.39 is 0 Å². The molecule has 0 spiro atoms. The Hall–Kier alpha value is 0.620. The third-order valence-corrected chi connectivity index (χ3v) is 3.90. The summed E-state index contributed by atoms with van der Waals surface area (Å²) in [5.41, 5.74) is 0. The molecule has 0 aliphatic heterocycles. The van der Waals surface area contributed by atoms with Crippen molar-refractivity contribution in [3.63, 3.8) is 0 Å². The van der Waals surface area contributed by atoms with Gasteiger partial charge in [-0.1, -0.05) is 12.8 Å². The first kappa shape index (κ1) is 14.7. The van der Waals surface area contributed by atoms with Gasteiger partial charge < -0.3 is 10.6 Å². The van der Waals surface area contributed by atoms with Crippen molar-refractivity contribution < 1.29 is 0 Å². The molecule has 1 rings (SSSR count). The highest BCUT2D eigenvalue weighted by Crippen LogP contribution is 2.29. The van der Waals surface area contributed by atoms with Crippen LogP contribution in [0.5, 0.6) is 0 Å². The molecule has 0 aromatic carbocycles. The lowest BCUT2D eigenvalue weighted by molar-refractivity contribution is 0.226. The summed E-state index contributed by atoms with van der Waals surface area (Å²) in [6.07, 6.45) is 5.62. The van der Waals surface area contributed by atoms with Crippen molar-refractivity contribution in [3.8, 4) is 0 Å². The Morgan fingerprint density at radius 3 is 1.62 bits per heavy atom. The van der Waals surface area contributed by atoms with Crippen LogP contribution in [-0.4, -0.2) is 37.7 Å². The van der Waals surface area contributed by atoms with Gasteiger partial charge in [-0.25, -0.2) is 0 Å². The minimum Gasteiger partial charge on any atom is -0.316 e. The van der Waals surface area contributed by atoms with E-state index in [0.29, 0.717) is 0 Å². The average molecular weight is 262 g/mol. The largest absolute Gasteiger partial charge is 0.316 e. The molecule has 0 amide bonds. The van der Waals surface area contributed by atoms with Crippen molar-refractivity contribution in [2.45, 2.75) is 25.7 Å². The lowest BCUT2D eigenvalue weighted by Gasteiger charge is -2.32. The predicted octanol–water partition coefficient (Wildman–Crippen LogP) is 1.83. The second kappa shape index (κ2) is 9.63. The lowest BCUT2D eigenvalue weighted by Crippen LogP contribution is -2.37. The molecule has 2 atom stereocenters. The number of hydrogen-bond acceptors (Lipinski definition) is 4. The summed E-state index contributed by atoms with van der Waals surface area (Å²) >= 11 is 8.45. The quantitative estimate of drug-likeness (QED) is 0.396. The van der Waals surface area contributed by atoms with Crippen molar-refractivity contribution in [1.82, 2.24) is 10.6 Å². The molecule has 16 heavy (non-hydrogen) atoms. The fourth-order valence-corrected chi connectivity index (χ4v) is 2.87. The van der Waals surface area contributed by atoms with E-state index in [9.17, 15) is 0 Å². The average Bonchev–Trinajstić information content (AvgIpc) is 2.32. The molecule has 1 aliphatic carbocycles. The fraction of sp³-hybridized carbons (Fsp3) is 1.00. The maximum absolute atomic E-state index is 4.23. The first-order valence-corrected chi connectivity index (χ1v) is 7.78. The Balaban J connectivity index is 2.20. The summed E-state index contributed by atoms with van der Waals surface area (Å²) in [7, 11) is 0. The van der Waals surface area contributed by atoms with Crippen LogP contribution in [0.2, 0.25) is 0 Å². The van der Waals surface area contributed by atoms with Gasteiger partial charge in [-0.2, -0.15) is 25.3 Å². The molecule has 0 radical (unpaired) electrons. The zero-order valence-electron chi connectivity index (χ0n) is 10.1. The summed E-state index contributed by atoms with van der Waals surface area (Å²) in [4.78, 5) is 0. The molecule has 0 aromatic heterocycles. The highest BCUT2D eigenvalue weighted by molar-refractivity contribution is 7.80. The van der Waals surface area contributed by atoms with Gasteiger partial charge in [0.25, 0.3) is 0 Å². The lowest BCUT2D eigenvalue weighted by atomic mass is 9.79. The van der Waals surface area contributed by atoms with E-state index in [1.165, 1.54) is 38.8 Å². The molecule has 1 fully saturated rings. The molecule has 0 bridgehead atoms. The van der Waals surface area contributed by atoms with Crippen molar-refractivity contribution in [2.24, 2.45) is 11.8 Å². The second-order valence-corrected chi connectivity index (χ2v) is 5.55. The molecule has 0 saturated heterocycles. The minimum absolute atomic E-state index is 0.862. The molecule has 0 heterocycles. The van der Waals surface area contributed by atoms with Gasteiger partial charge in [0.2, 0.25) is 0 Å². The number of hydrogen-bond donors (Lipinski definition) is 4. The van der Waals surface area contributed by atoms with Crippen LogP contribution < -0.4 is 10.6 Å². The smallest absolute Gasteiger partial charge is 0.00398 e. The fourth-order valence-electron chi connectivity index (χ4n) is 2.55. The molecular weight excluding hydrogens is 236 g/mol. The van der Waals surface area contributed by atoms with Crippen LogP contribution in [0, 0.1) is 11.8 Å². The van der Waals surface area contributed by atoms with Crippen molar-refractivity contribution in [1.29, 1.82) is 0 Å². The van der Waals surface area contributed by atoms with E-state index in [4.69, 9.17) is 0 Å². The SMILES string of the molecule is SCCNCC1CCCCC1CNCCS. The zero-order valence-corrected chi connectivity index (χ0v) is 11.9. The van der Waals surface area contributed by atoms with E-state index in [-0.39, 0.29) is 0 Å². The van der Waals surface area contributed by atoms with E-state index in [0.717, 1.165) is 36.4 Å². The molecule has 1 aliphatic rings. The van der Waals surface area contributed by atoms with Crippen molar-refractivity contribution in [2.75, 3.05) is 37.7 Å². The highest BCUT2D eigenvalue weighted by atomic mass is 32.1. The number of thiol groups is 2. The number of nitrogens with one attached hydrogen (secondary N) is 2. The molecule has 96 valence electrons. The molecule has 4 heteroatoms. The second-order valence-electron chi connectivity index (χ2n) is 4.66. The van der Waals surface area contributed by atoms with Gasteiger partial charge in [0.1, 0.15) is 0 Å². The van der Waals surface area contributed by atoms with Gasteiger partial charge in [-0.3, -0.25) is 0 Å². The summed E-state index contributed by atoms with van der Waals surface area (Å²) in [6.45, 7) is 4.42. The maximum Gasteiger partial charge on any atom is 0.00398 e. The summed E-state index contributed by atoms with van der Waals surface area (Å²) < 4.78 is 0. The predicted molar refractivity (Wildman–Crippen MR) is 78.9 cm³/mol. The van der Waals surface area contributed by atoms with E-state index in [2.05, 4.69) is 35.9 Å². The molecule has 2 unspecified atom stereocenters. The Morgan fingerprint density at radius 2 is 1.25 bits per heavy atom. The van der Waals surface area contributed by atoms with Crippen LogP contribution in [0.1, 0.15) is 25.7 Å². The summed E-state index contributed by atoms with van der Waals surface area (Å²) in [6, 6.07) is 0. The first-order valence-electron chi connectivity index (χ1n) is 6.51. The van der Waals surface area contributed by atoms with E-state index in [1.54, 1.807) is 0 Å². The van der Waals surface area contributed by atoms with E-state index >= 15 is 0 Å². The van der Waals surface area contributed by atoms with Gasteiger partial charge in [-0.15, -0.1) is 0 Å². The monoisotopic (exact) mass is 262 g/mol. The molecule has 2 nitrogen and oxygen atoms in total. The molecule has 0 aromatic rings. The van der Waals surface area contributed by atoms with Crippen LogP contribution >= 0.6 is 25.3 Å². The summed E-state index contributed by atoms with van der Waals surface area (Å²) in [5.74, 6) is 3.60. The zero-order chi connectivity index (χ0) is 11.6. The third kappa shape index (κ3) is 5.80. The van der Waals surface area contributed by atoms with Crippen LogP contribution in [0.3, 0.4) is 0 Å². The van der Waals surface area contributed by atoms with Gasteiger partial charge in [0.15, 0.2) is 0 Å². The Morgan fingerprint density at radius 1 is 0.812 bits per heavy atom. The van der Waals surface area contributed by atoms with Gasteiger partial charge in [0.05, 0.1) is 0 Å². The van der Waals surface area contributed by atoms with Crippen molar-refractivity contribution in [3.05, 3.63) is 0 Å². The normalized spacial score (nSPS) is 25.9. The Kier molecular flexibility index (Phi) is 8.84. The molecule has 2 N–H and O–H groups in total. The van der Waals surface area contributed by atoms with Crippen LogP contribution in [0.4, 0.5) is 0 Å². The molecular formula is C12H26N2S2. The van der Waals surface area contributed by atoms with E-state index in [1.807, 2.05) is 0 Å². The maximum atomic E-state index is 4.23. The first-order chi connectivity index (χ1) is 7.88. The Bertz CT molecular complexity index is 149. The van der Waals surface area contributed by atoms with Crippen LogP contribution in [0.15, 0.2) is 0 Å². The Labute approximate surface area is 111 Å². The van der Waals surface area contributed by atoms with Gasteiger partial charge >= 0.3 is 0 Å². The minimum atomic E-state index is 0.862. The molecule has 1 saturated carbocycles. The standard InChI is InChI=1S/C12H26N2S2/c15-7-5-13-9-11-3-1-2-4-12(11)10-14-6-8-16/h11-16H,1-10H2. The van der Waals surface area contributed by atoms with Crippen LogP contribution in [-0.2, 0) is 0 Å². The summed E-state index contributed by atoms with van der Waals surface area (Å²) in [5, 5.41) is 7.01.